The highest BCUT2D eigenvalue weighted by Gasteiger charge is 2.30. The molecule has 6 nitrogen and oxygen atoms in total. The molecule has 1 amide bonds. The van der Waals surface area contributed by atoms with Crippen molar-refractivity contribution in [3.63, 3.8) is 0 Å². The molecule has 148 valence electrons. The quantitative estimate of drug-likeness (QED) is 0.593. The lowest BCUT2D eigenvalue weighted by Crippen LogP contribution is -2.29. The molecule has 0 unspecified atom stereocenters. The number of anilines is 1. The molecule has 1 aromatic carbocycles. The first-order valence-electron chi connectivity index (χ1n) is 8.39. The number of thiazole rings is 1. The van der Waals surface area contributed by atoms with E-state index in [1.54, 1.807) is 18.3 Å². The second-order valence-electron chi connectivity index (χ2n) is 5.81. The molecular weight excluding hydrogens is 403 g/mol. The van der Waals surface area contributed by atoms with E-state index >= 15 is 0 Å². The number of benzene rings is 1. The van der Waals surface area contributed by atoms with Crippen LogP contribution in [0.2, 0.25) is 0 Å². The summed E-state index contributed by atoms with van der Waals surface area (Å²) in [5.41, 5.74) is 0.0419. The van der Waals surface area contributed by atoms with Crippen LogP contribution in [0, 0.1) is 11.3 Å². The zero-order valence-corrected chi connectivity index (χ0v) is 15.6. The molecule has 0 spiro atoms. The number of carbonyl (C=O) groups is 1. The number of nitrogens with one attached hydrogen (secondary N) is 2. The van der Waals surface area contributed by atoms with Gasteiger partial charge < -0.3 is 10.6 Å². The van der Waals surface area contributed by atoms with Gasteiger partial charge in [0.1, 0.15) is 22.6 Å². The molecule has 0 aliphatic rings. The molecule has 2 N–H and O–H groups in total. The number of halogens is 3. The second kappa shape index (κ2) is 8.70. The lowest BCUT2D eigenvalue weighted by molar-refractivity contribution is -0.137. The predicted molar refractivity (Wildman–Crippen MR) is 102 cm³/mol. The minimum absolute atomic E-state index is 0.123. The minimum atomic E-state index is -4.44. The van der Waals surface area contributed by atoms with Gasteiger partial charge in [-0.2, -0.15) is 18.4 Å². The molecule has 2 aromatic heterocycles. The van der Waals surface area contributed by atoms with Crippen LogP contribution in [0.3, 0.4) is 0 Å². The molecule has 3 aromatic rings. The number of hydrogen-bond acceptors (Lipinski definition) is 6. The Morgan fingerprint density at radius 2 is 2.03 bits per heavy atom. The fourth-order valence-electron chi connectivity index (χ4n) is 2.42. The Kier molecular flexibility index (Phi) is 6.09. The molecule has 0 bridgehead atoms. The summed E-state index contributed by atoms with van der Waals surface area (Å²) in [5, 5.41) is 16.4. The van der Waals surface area contributed by atoms with Crippen molar-refractivity contribution >= 4 is 23.1 Å². The van der Waals surface area contributed by atoms with Crippen molar-refractivity contribution in [1.82, 2.24) is 15.3 Å². The summed E-state index contributed by atoms with van der Waals surface area (Å²) >= 11 is 1.09. The highest BCUT2D eigenvalue weighted by atomic mass is 32.1. The van der Waals surface area contributed by atoms with E-state index in [0.717, 1.165) is 23.5 Å². The third-order valence-electron chi connectivity index (χ3n) is 3.80. The second-order valence-corrected chi connectivity index (χ2v) is 6.67. The van der Waals surface area contributed by atoms with Crippen LogP contribution in [-0.2, 0) is 6.18 Å². The van der Waals surface area contributed by atoms with Crippen molar-refractivity contribution in [1.29, 1.82) is 5.26 Å². The van der Waals surface area contributed by atoms with Gasteiger partial charge in [0, 0.05) is 30.2 Å². The van der Waals surface area contributed by atoms with Crippen LogP contribution >= 0.6 is 11.3 Å². The van der Waals surface area contributed by atoms with Gasteiger partial charge in [-0.25, -0.2) is 9.97 Å². The molecule has 0 atom stereocenters. The lowest BCUT2D eigenvalue weighted by atomic mass is 10.1. The van der Waals surface area contributed by atoms with Crippen LogP contribution in [0.5, 0.6) is 0 Å². The smallest absolute Gasteiger partial charge is 0.367 e. The van der Waals surface area contributed by atoms with Crippen LogP contribution in [-0.4, -0.2) is 29.0 Å². The van der Waals surface area contributed by atoms with Crippen LogP contribution in [0.15, 0.2) is 48.0 Å². The number of rotatable bonds is 6. The van der Waals surface area contributed by atoms with E-state index in [1.165, 1.54) is 17.5 Å². The van der Waals surface area contributed by atoms with Crippen LogP contribution < -0.4 is 10.6 Å². The van der Waals surface area contributed by atoms with Crippen molar-refractivity contribution in [3.05, 3.63) is 64.8 Å². The first-order chi connectivity index (χ1) is 13.9. The monoisotopic (exact) mass is 417 g/mol. The maximum absolute atomic E-state index is 12.9. The van der Waals surface area contributed by atoms with Gasteiger partial charge in [-0.05, 0) is 24.3 Å². The number of pyridine rings is 1. The molecule has 0 saturated heterocycles. The molecule has 0 radical (unpaired) electrons. The summed E-state index contributed by atoms with van der Waals surface area (Å²) in [6.07, 6.45) is -2.90. The highest BCUT2D eigenvalue weighted by Crippen LogP contribution is 2.33. The first-order valence-corrected chi connectivity index (χ1v) is 9.27. The molecule has 10 heteroatoms. The highest BCUT2D eigenvalue weighted by molar-refractivity contribution is 7.13. The Balaban J connectivity index is 1.58. The Bertz CT molecular complexity index is 1060. The SMILES string of the molecule is N#Cc1cccnc1NCCNC(=O)c1csc(-c2cccc(C(F)(F)F)c2)n1. The maximum atomic E-state index is 12.9. The standard InChI is InChI=1S/C19H14F3N5OS/c20-19(21,22)14-5-1-3-12(9-14)18-27-15(11-29-18)17(28)26-8-7-25-16-13(10-23)4-2-6-24-16/h1-6,9,11H,7-8H2,(H,24,25)(H,26,28). The van der Waals surface area contributed by atoms with E-state index in [0.29, 0.717) is 28.5 Å². The summed E-state index contributed by atoms with van der Waals surface area (Å²) in [6.45, 7) is 0.582. The van der Waals surface area contributed by atoms with Crippen molar-refractivity contribution in [2.75, 3.05) is 18.4 Å². The van der Waals surface area contributed by atoms with Gasteiger partial charge in [-0.15, -0.1) is 11.3 Å². The molecule has 2 heterocycles. The zero-order valence-electron chi connectivity index (χ0n) is 14.8. The largest absolute Gasteiger partial charge is 0.416 e. The van der Waals surface area contributed by atoms with Gasteiger partial charge in [-0.3, -0.25) is 4.79 Å². The van der Waals surface area contributed by atoms with Crippen molar-refractivity contribution in [3.8, 4) is 16.6 Å². The Hall–Kier alpha value is -3.45. The van der Waals surface area contributed by atoms with Crippen molar-refractivity contribution < 1.29 is 18.0 Å². The molecule has 29 heavy (non-hydrogen) atoms. The van der Waals surface area contributed by atoms with Gasteiger partial charge in [-0.1, -0.05) is 12.1 Å². The topological polar surface area (TPSA) is 90.7 Å². The molecule has 3 rings (SSSR count). The first kappa shape index (κ1) is 20.3. The van der Waals surface area contributed by atoms with E-state index in [9.17, 15) is 18.0 Å². The molecule has 0 saturated carbocycles. The average molecular weight is 417 g/mol. The van der Waals surface area contributed by atoms with E-state index in [4.69, 9.17) is 5.26 Å². The number of alkyl halides is 3. The number of hydrogen-bond donors (Lipinski definition) is 2. The normalized spacial score (nSPS) is 11.0. The average Bonchev–Trinajstić information content (AvgIpc) is 3.21. The fraction of sp³-hybridized carbons (Fsp3) is 0.158. The molecule has 0 fully saturated rings. The van der Waals surface area contributed by atoms with E-state index in [2.05, 4.69) is 20.6 Å². The van der Waals surface area contributed by atoms with E-state index in [1.807, 2.05) is 6.07 Å². The minimum Gasteiger partial charge on any atom is -0.367 e. The van der Waals surface area contributed by atoms with E-state index < -0.39 is 17.6 Å². The zero-order chi connectivity index (χ0) is 20.9. The number of nitrogens with zero attached hydrogens (tertiary/aromatic N) is 3. The van der Waals surface area contributed by atoms with Gasteiger partial charge in [0.15, 0.2) is 0 Å². The summed E-state index contributed by atoms with van der Waals surface area (Å²) in [5.74, 6) is -0.0208. The van der Waals surface area contributed by atoms with Gasteiger partial charge >= 0.3 is 6.18 Å². The Morgan fingerprint density at radius 1 is 1.21 bits per heavy atom. The predicted octanol–water partition coefficient (Wildman–Crippen LogP) is 3.94. The summed E-state index contributed by atoms with van der Waals surface area (Å²) in [4.78, 5) is 20.4. The number of carbonyl (C=O) groups excluding carboxylic acids is 1. The Labute approximate surface area is 168 Å². The number of nitriles is 1. The fourth-order valence-corrected chi connectivity index (χ4v) is 3.22. The summed E-state index contributed by atoms with van der Waals surface area (Å²) < 4.78 is 38.6. The molecule has 0 aliphatic heterocycles. The van der Waals surface area contributed by atoms with Gasteiger partial charge in [0.25, 0.3) is 5.91 Å². The van der Waals surface area contributed by atoms with Crippen molar-refractivity contribution in [2.45, 2.75) is 6.18 Å². The summed E-state index contributed by atoms with van der Waals surface area (Å²) in [7, 11) is 0. The van der Waals surface area contributed by atoms with Crippen LogP contribution in [0.4, 0.5) is 19.0 Å². The lowest BCUT2D eigenvalue weighted by Gasteiger charge is -2.07. The maximum Gasteiger partial charge on any atom is 0.416 e. The van der Waals surface area contributed by atoms with Crippen LogP contribution in [0.25, 0.3) is 10.6 Å². The van der Waals surface area contributed by atoms with Crippen LogP contribution in [0.1, 0.15) is 21.6 Å². The third-order valence-corrected chi connectivity index (χ3v) is 4.70. The molecule has 0 aliphatic carbocycles. The Morgan fingerprint density at radius 3 is 2.79 bits per heavy atom. The number of amides is 1. The third kappa shape index (κ3) is 5.08. The van der Waals surface area contributed by atoms with E-state index in [-0.39, 0.29) is 12.2 Å². The van der Waals surface area contributed by atoms with Gasteiger partial charge in [0.2, 0.25) is 0 Å². The molecular formula is C19H14F3N5OS. The number of aromatic nitrogens is 2. The van der Waals surface area contributed by atoms with Gasteiger partial charge in [0.05, 0.1) is 11.1 Å². The summed E-state index contributed by atoms with van der Waals surface area (Å²) in [6, 6.07) is 10.1. The van der Waals surface area contributed by atoms with Crippen molar-refractivity contribution in [2.24, 2.45) is 0 Å².